The van der Waals surface area contributed by atoms with E-state index in [0.29, 0.717) is 17.5 Å². The molecule has 7 aromatic carbocycles. The summed E-state index contributed by atoms with van der Waals surface area (Å²) >= 11 is 0. The van der Waals surface area contributed by atoms with Crippen LogP contribution in [0.4, 0.5) is 0 Å². The van der Waals surface area contributed by atoms with Gasteiger partial charge in [0.2, 0.25) is 0 Å². The largest absolute Gasteiger partial charge is 0.208 e. The lowest BCUT2D eigenvalue weighted by Gasteiger charge is -2.19. The number of benzene rings is 7. The predicted molar refractivity (Wildman–Crippen MR) is 215 cm³/mol. The summed E-state index contributed by atoms with van der Waals surface area (Å²) in [5, 5.41) is 3.07. The SMILES string of the molecule is C[Si]1(C)c2ccccc2-c2ccc(-c3cccc(-c4cccc(-c5ccc(-c6nc(-c7ccccc7)nc(-c7ccccc7)n6)cc5)c4)c3)cc21. The summed E-state index contributed by atoms with van der Waals surface area (Å²) in [6.07, 6.45) is 0. The Labute approximate surface area is 300 Å². The fourth-order valence-electron chi connectivity index (χ4n) is 7.39. The van der Waals surface area contributed by atoms with E-state index < -0.39 is 8.07 Å². The molecule has 51 heavy (non-hydrogen) atoms. The van der Waals surface area contributed by atoms with Gasteiger partial charge in [0.05, 0.1) is 0 Å². The normalized spacial score (nSPS) is 12.7. The zero-order valence-electron chi connectivity index (χ0n) is 28.6. The Morgan fingerprint density at radius 1 is 0.294 bits per heavy atom. The molecule has 1 aliphatic rings. The molecule has 242 valence electrons. The highest BCUT2D eigenvalue weighted by atomic mass is 28.3. The molecule has 0 aliphatic carbocycles. The van der Waals surface area contributed by atoms with Crippen molar-refractivity contribution in [2.75, 3.05) is 0 Å². The molecule has 0 bridgehead atoms. The van der Waals surface area contributed by atoms with Crippen LogP contribution in [0, 0.1) is 0 Å². The number of rotatable bonds is 6. The van der Waals surface area contributed by atoms with Crippen LogP contribution in [0.5, 0.6) is 0 Å². The minimum absolute atomic E-state index is 0.654. The van der Waals surface area contributed by atoms with E-state index >= 15 is 0 Å². The van der Waals surface area contributed by atoms with Gasteiger partial charge in [-0.3, -0.25) is 0 Å². The molecular weight excluding hydrogens is 635 g/mol. The average Bonchev–Trinajstić information content (AvgIpc) is 3.44. The van der Waals surface area contributed by atoms with Gasteiger partial charge >= 0.3 is 0 Å². The summed E-state index contributed by atoms with van der Waals surface area (Å²) in [5.74, 6) is 1.98. The lowest BCUT2D eigenvalue weighted by atomic mass is 9.95. The minimum Gasteiger partial charge on any atom is -0.208 e. The third-order valence-electron chi connectivity index (χ3n) is 10.2. The number of nitrogens with zero attached hydrogens (tertiary/aromatic N) is 3. The van der Waals surface area contributed by atoms with Crippen LogP contribution in [0.3, 0.4) is 0 Å². The second-order valence-corrected chi connectivity index (χ2v) is 18.0. The van der Waals surface area contributed by atoms with Crippen molar-refractivity contribution < 1.29 is 0 Å². The zero-order chi connectivity index (χ0) is 34.4. The highest BCUT2D eigenvalue weighted by Gasteiger charge is 2.37. The van der Waals surface area contributed by atoms with Crippen molar-refractivity contribution in [2.45, 2.75) is 13.1 Å². The standard InChI is InChI=1S/C47H35N3Si/c1-51(2)43-22-10-9-21-41(43)42-28-27-40(31-44(42)51)39-20-12-19-38(30-39)37-18-11-17-36(29-37)32-23-25-35(26-24-32)47-49-45(33-13-5-3-6-14-33)48-46(50-47)34-15-7-4-8-16-34/h3-31H,1-2H3. The van der Waals surface area contributed by atoms with Crippen LogP contribution in [0.15, 0.2) is 176 Å². The van der Waals surface area contributed by atoms with E-state index in [1.54, 1.807) is 0 Å². The number of fused-ring (bicyclic) bond motifs is 3. The van der Waals surface area contributed by atoms with Gasteiger partial charge in [0.25, 0.3) is 0 Å². The van der Waals surface area contributed by atoms with E-state index in [2.05, 4.69) is 128 Å². The molecule has 1 aromatic heterocycles. The molecule has 9 rings (SSSR count). The van der Waals surface area contributed by atoms with Gasteiger partial charge in [-0.2, -0.15) is 0 Å². The Balaban J connectivity index is 1.02. The second kappa shape index (κ2) is 12.6. The van der Waals surface area contributed by atoms with Crippen LogP contribution in [0.2, 0.25) is 13.1 Å². The maximum absolute atomic E-state index is 4.91. The van der Waals surface area contributed by atoms with Gasteiger partial charge < -0.3 is 0 Å². The predicted octanol–water partition coefficient (Wildman–Crippen LogP) is 10.7. The van der Waals surface area contributed by atoms with Crippen molar-refractivity contribution >= 4 is 18.4 Å². The minimum atomic E-state index is -1.74. The molecule has 0 saturated carbocycles. The van der Waals surface area contributed by atoms with Gasteiger partial charge in [0.1, 0.15) is 8.07 Å². The topological polar surface area (TPSA) is 38.7 Å². The van der Waals surface area contributed by atoms with Crippen molar-refractivity contribution in [1.82, 2.24) is 15.0 Å². The summed E-state index contributed by atoms with van der Waals surface area (Å²) < 4.78 is 0. The highest BCUT2D eigenvalue weighted by Crippen LogP contribution is 2.34. The first-order chi connectivity index (χ1) is 25.0. The van der Waals surface area contributed by atoms with Gasteiger partial charge in [-0.15, -0.1) is 0 Å². The Hall–Kier alpha value is -6.23. The lowest BCUT2D eigenvalue weighted by Crippen LogP contribution is -2.49. The van der Waals surface area contributed by atoms with Crippen molar-refractivity contribution in [1.29, 1.82) is 0 Å². The molecule has 3 nitrogen and oxygen atoms in total. The van der Waals surface area contributed by atoms with Gasteiger partial charge in [-0.05, 0) is 67.0 Å². The Bertz CT molecular complexity index is 2480. The van der Waals surface area contributed by atoms with E-state index in [1.165, 1.54) is 43.8 Å². The second-order valence-electron chi connectivity index (χ2n) is 13.7. The van der Waals surface area contributed by atoms with Crippen molar-refractivity contribution in [3.05, 3.63) is 176 Å². The molecule has 0 amide bonds. The number of aromatic nitrogens is 3. The monoisotopic (exact) mass is 669 g/mol. The maximum Gasteiger partial charge on any atom is 0.164 e. The Morgan fingerprint density at radius 2 is 0.667 bits per heavy atom. The number of hydrogen-bond donors (Lipinski definition) is 0. The molecule has 2 heterocycles. The summed E-state index contributed by atoms with van der Waals surface area (Å²) in [4.78, 5) is 14.7. The van der Waals surface area contributed by atoms with E-state index in [9.17, 15) is 0 Å². The molecule has 0 N–H and O–H groups in total. The van der Waals surface area contributed by atoms with E-state index in [4.69, 9.17) is 15.0 Å². The summed E-state index contributed by atoms with van der Waals surface area (Å²) in [6, 6.07) is 62.5. The molecule has 4 heteroatoms. The van der Waals surface area contributed by atoms with E-state index in [-0.39, 0.29) is 0 Å². The molecule has 0 unspecified atom stereocenters. The lowest BCUT2D eigenvalue weighted by molar-refractivity contribution is 1.07. The van der Waals surface area contributed by atoms with Crippen LogP contribution in [0.1, 0.15) is 0 Å². The summed E-state index contributed by atoms with van der Waals surface area (Å²) in [5.41, 5.74) is 12.9. The maximum atomic E-state index is 4.91. The van der Waals surface area contributed by atoms with Crippen molar-refractivity contribution in [3.63, 3.8) is 0 Å². The van der Waals surface area contributed by atoms with Crippen LogP contribution >= 0.6 is 0 Å². The zero-order valence-corrected chi connectivity index (χ0v) is 29.6. The van der Waals surface area contributed by atoms with Crippen LogP contribution < -0.4 is 10.4 Å². The van der Waals surface area contributed by atoms with Crippen molar-refractivity contribution in [2.24, 2.45) is 0 Å². The molecule has 0 spiro atoms. The molecule has 0 atom stereocenters. The van der Waals surface area contributed by atoms with Gasteiger partial charge in [0, 0.05) is 16.7 Å². The average molecular weight is 670 g/mol. The molecule has 8 aromatic rings. The van der Waals surface area contributed by atoms with Crippen LogP contribution in [-0.2, 0) is 0 Å². The first-order valence-electron chi connectivity index (χ1n) is 17.4. The quantitative estimate of drug-likeness (QED) is 0.165. The van der Waals surface area contributed by atoms with Gasteiger partial charge in [-0.1, -0.05) is 177 Å². The summed E-state index contributed by atoms with van der Waals surface area (Å²) in [7, 11) is -1.74. The fourth-order valence-corrected chi connectivity index (χ4v) is 10.5. The molecule has 0 radical (unpaired) electrons. The van der Waals surface area contributed by atoms with Crippen LogP contribution in [0.25, 0.3) is 78.7 Å². The van der Waals surface area contributed by atoms with Crippen molar-refractivity contribution in [3.8, 4) is 78.7 Å². The molecule has 0 fully saturated rings. The fraction of sp³-hybridized carbons (Fsp3) is 0.0426. The van der Waals surface area contributed by atoms with Gasteiger partial charge in [0.15, 0.2) is 17.5 Å². The first kappa shape index (κ1) is 30.8. The number of hydrogen-bond acceptors (Lipinski definition) is 3. The molecule has 0 saturated heterocycles. The highest BCUT2D eigenvalue weighted by molar-refractivity contribution is 7.03. The molecular formula is C47H35N3Si. The molecule has 1 aliphatic heterocycles. The smallest absolute Gasteiger partial charge is 0.164 e. The summed E-state index contributed by atoms with van der Waals surface area (Å²) in [6.45, 7) is 4.95. The Morgan fingerprint density at radius 3 is 1.22 bits per heavy atom. The van der Waals surface area contributed by atoms with Crippen LogP contribution in [-0.4, -0.2) is 23.0 Å². The van der Waals surface area contributed by atoms with E-state index in [1.807, 2.05) is 60.7 Å². The Kier molecular flexibility index (Phi) is 7.60. The third-order valence-corrected chi connectivity index (χ3v) is 13.7. The first-order valence-corrected chi connectivity index (χ1v) is 20.4. The van der Waals surface area contributed by atoms with Gasteiger partial charge in [-0.25, -0.2) is 15.0 Å². The van der Waals surface area contributed by atoms with E-state index in [0.717, 1.165) is 27.8 Å². The third kappa shape index (κ3) is 5.70.